The fraction of sp³-hybridized carbons (Fsp3) is 0.421. The Labute approximate surface area is 170 Å². The van der Waals surface area contributed by atoms with Gasteiger partial charge < -0.3 is 15.3 Å². The van der Waals surface area contributed by atoms with Gasteiger partial charge in [0, 0.05) is 31.6 Å². The van der Waals surface area contributed by atoms with Crippen molar-refractivity contribution in [1.29, 1.82) is 0 Å². The van der Waals surface area contributed by atoms with E-state index in [1.54, 1.807) is 0 Å². The molecule has 2 N–H and O–H groups in total. The van der Waals surface area contributed by atoms with Crippen LogP contribution in [0.3, 0.4) is 0 Å². The van der Waals surface area contributed by atoms with Crippen molar-refractivity contribution in [3.05, 3.63) is 46.3 Å². The Balaban J connectivity index is 1.58. The Morgan fingerprint density at radius 2 is 2.13 bits per heavy atom. The molecule has 0 saturated carbocycles. The largest absolute Gasteiger partial charge is 0.393 e. The van der Waals surface area contributed by atoms with E-state index in [-0.39, 0.29) is 30.9 Å². The van der Waals surface area contributed by atoms with E-state index in [1.807, 2.05) is 0 Å². The molecule has 2 aromatic rings. The van der Waals surface area contributed by atoms with Crippen LogP contribution < -0.4 is 5.32 Å². The molecule has 1 unspecified atom stereocenters. The molecule has 4 rings (SSSR count). The number of aromatic nitrogens is 2. The first kappa shape index (κ1) is 20.2. The Morgan fingerprint density at radius 3 is 2.87 bits per heavy atom. The van der Waals surface area contributed by atoms with Crippen LogP contribution in [0, 0.1) is 18.6 Å². The Morgan fingerprint density at radius 1 is 1.37 bits per heavy atom. The van der Waals surface area contributed by atoms with Crippen molar-refractivity contribution in [3.63, 3.8) is 0 Å². The number of nitrogens with one attached hydrogen (secondary N) is 1. The first-order valence-corrected chi connectivity index (χ1v) is 9.44. The van der Waals surface area contributed by atoms with Crippen LogP contribution in [-0.4, -0.2) is 63.1 Å². The zero-order valence-electron chi connectivity index (χ0n) is 16.5. The molecule has 30 heavy (non-hydrogen) atoms. The maximum absolute atomic E-state index is 14.0. The van der Waals surface area contributed by atoms with Gasteiger partial charge in [0.1, 0.15) is 23.4 Å². The highest BCUT2D eigenvalue weighted by Crippen LogP contribution is 2.27. The number of hydroxylamine groups is 2. The normalized spacial score (nSPS) is 18.7. The van der Waals surface area contributed by atoms with Gasteiger partial charge in [-0.2, -0.15) is 5.10 Å². The van der Waals surface area contributed by atoms with Crippen LogP contribution in [0.2, 0.25) is 0 Å². The van der Waals surface area contributed by atoms with Gasteiger partial charge in [0.15, 0.2) is 0 Å². The third-order valence-corrected chi connectivity index (χ3v) is 5.25. The van der Waals surface area contributed by atoms with Crippen molar-refractivity contribution in [2.45, 2.75) is 32.5 Å². The number of carbonyl (C=O) groups is 2. The predicted molar refractivity (Wildman–Crippen MR) is 101 cm³/mol. The Hall–Kier alpha value is -3.05. The highest BCUT2D eigenvalue weighted by Gasteiger charge is 2.35. The molecule has 9 nitrogen and oxygen atoms in total. The van der Waals surface area contributed by atoms with E-state index in [4.69, 9.17) is 4.84 Å². The molecule has 2 aliphatic rings. The monoisotopic (exact) mass is 421 g/mol. The van der Waals surface area contributed by atoms with Gasteiger partial charge in [-0.3, -0.25) is 14.3 Å². The molecule has 11 heteroatoms. The third-order valence-electron chi connectivity index (χ3n) is 5.25. The Bertz CT molecular complexity index is 1020. The quantitative estimate of drug-likeness (QED) is 0.765. The molecular formula is C19H21F2N5O4. The van der Waals surface area contributed by atoms with Crippen LogP contribution in [0.15, 0.2) is 12.1 Å². The summed E-state index contributed by atoms with van der Waals surface area (Å²) >= 11 is 0. The predicted octanol–water partition coefficient (Wildman–Crippen LogP) is 1.44. The topological polar surface area (TPSA) is 99.9 Å². The number of hydrogen-bond acceptors (Lipinski definition) is 5. The minimum atomic E-state index is -0.868. The van der Waals surface area contributed by atoms with E-state index in [1.165, 1.54) is 29.6 Å². The van der Waals surface area contributed by atoms with Crippen molar-refractivity contribution in [2.24, 2.45) is 0 Å². The standard InChI is InChI=1S/C19H21F2N5O4/c1-10-5-16(14(21)6-13(10)20)22-19(29)25-4-3-15-12(8-25)17-18(28)24(2)30-11(9-27)7-26(17)23-15/h5-6,11,27H,3-4,7-9H2,1-2H3,(H,22,29). The molecule has 0 spiro atoms. The average Bonchev–Trinajstić information content (AvgIpc) is 3.01. The lowest BCUT2D eigenvalue weighted by molar-refractivity contribution is -0.159. The zero-order chi connectivity index (χ0) is 21.6. The Kier molecular flexibility index (Phi) is 5.16. The van der Waals surface area contributed by atoms with Crippen molar-refractivity contribution in [3.8, 4) is 0 Å². The summed E-state index contributed by atoms with van der Waals surface area (Å²) in [5.41, 5.74) is 1.67. The number of amides is 3. The smallest absolute Gasteiger partial charge is 0.322 e. The van der Waals surface area contributed by atoms with E-state index < -0.39 is 29.7 Å². The number of nitrogens with zero attached hydrogens (tertiary/aromatic N) is 4. The molecule has 160 valence electrons. The molecule has 0 fully saturated rings. The minimum Gasteiger partial charge on any atom is -0.393 e. The maximum atomic E-state index is 14.0. The van der Waals surface area contributed by atoms with Crippen LogP contribution >= 0.6 is 0 Å². The molecule has 3 heterocycles. The van der Waals surface area contributed by atoms with Crippen LogP contribution in [0.25, 0.3) is 0 Å². The van der Waals surface area contributed by atoms with E-state index in [9.17, 15) is 23.5 Å². The van der Waals surface area contributed by atoms with Gasteiger partial charge in [0.05, 0.1) is 31.1 Å². The molecule has 2 aliphatic heterocycles. The van der Waals surface area contributed by atoms with E-state index in [2.05, 4.69) is 10.4 Å². The van der Waals surface area contributed by atoms with Crippen molar-refractivity contribution >= 4 is 17.6 Å². The van der Waals surface area contributed by atoms with E-state index in [0.29, 0.717) is 29.9 Å². The summed E-state index contributed by atoms with van der Waals surface area (Å²) in [6.07, 6.45) is -0.208. The van der Waals surface area contributed by atoms with Crippen LogP contribution in [0.1, 0.15) is 27.3 Å². The van der Waals surface area contributed by atoms with Gasteiger partial charge in [-0.05, 0) is 18.6 Å². The molecule has 0 aliphatic carbocycles. The highest BCUT2D eigenvalue weighted by molar-refractivity contribution is 5.94. The summed E-state index contributed by atoms with van der Waals surface area (Å²) in [5, 5.41) is 17.4. The second-order valence-corrected chi connectivity index (χ2v) is 7.35. The van der Waals surface area contributed by atoms with Gasteiger partial charge in [-0.1, -0.05) is 0 Å². The van der Waals surface area contributed by atoms with Crippen LogP contribution in [0.4, 0.5) is 19.3 Å². The second-order valence-electron chi connectivity index (χ2n) is 7.35. The van der Waals surface area contributed by atoms with Crippen molar-refractivity contribution < 1.29 is 28.3 Å². The number of aliphatic hydroxyl groups excluding tert-OH is 1. The van der Waals surface area contributed by atoms with Crippen molar-refractivity contribution in [2.75, 3.05) is 25.5 Å². The number of aryl methyl sites for hydroxylation is 1. The molecule has 0 radical (unpaired) electrons. The average molecular weight is 421 g/mol. The molecule has 1 atom stereocenters. The van der Waals surface area contributed by atoms with Gasteiger partial charge in [0.2, 0.25) is 0 Å². The number of rotatable bonds is 2. The molecule has 0 saturated heterocycles. The van der Waals surface area contributed by atoms with E-state index in [0.717, 1.165) is 11.1 Å². The summed E-state index contributed by atoms with van der Waals surface area (Å²) < 4.78 is 29.0. The fourth-order valence-electron chi connectivity index (χ4n) is 3.66. The van der Waals surface area contributed by atoms with Crippen molar-refractivity contribution in [1.82, 2.24) is 19.7 Å². The number of aliphatic hydroxyl groups is 1. The van der Waals surface area contributed by atoms with Crippen LogP contribution in [-0.2, 0) is 24.3 Å². The van der Waals surface area contributed by atoms with Gasteiger partial charge >= 0.3 is 6.03 Å². The molecule has 0 bridgehead atoms. The lowest BCUT2D eigenvalue weighted by Gasteiger charge is -2.27. The van der Waals surface area contributed by atoms with E-state index >= 15 is 0 Å². The maximum Gasteiger partial charge on any atom is 0.322 e. The highest BCUT2D eigenvalue weighted by atomic mass is 19.1. The van der Waals surface area contributed by atoms with Gasteiger partial charge in [-0.15, -0.1) is 0 Å². The number of anilines is 1. The minimum absolute atomic E-state index is 0.0989. The second kappa shape index (κ2) is 7.65. The number of benzene rings is 1. The molecule has 1 aromatic carbocycles. The number of hydrogen-bond donors (Lipinski definition) is 2. The van der Waals surface area contributed by atoms with Crippen LogP contribution in [0.5, 0.6) is 0 Å². The summed E-state index contributed by atoms with van der Waals surface area (Å²) in [6.45, 7) is 1.81. The first-order chi connectivity index (χ1) is 14.3. The van der Waals surface area contributed by atoms with Gasteiger partial charge in [0.25, 0.3) is 5.91 Å². The molecule has 3 amide bonds. The van der Waals surface area contributed by atoms with Gasteiger partial charge in [-0.25, -0.2) is 18.6 Å². The lowest BCUT2D eigenvalue weighted by atomic mass is 10.1. The SMILES string of the molecule is Cc1cc(NC(=O)N2CCc3nn4c(c3C2)C(=O)N(C)OC(CO)C4)c(F)cc1F. The lowest BCUT2D eigenvalue weighted by Crippen LogP contribution is -2.40. The summed E-state index contributed by atoms with van der Waals surface area (Å²) in [5.74, 6) is -1.99. The molecule has 1 aromatic heterocycles. The third kappa shape index (κ3) is 3.50. The summed E-state index contributed by atoms with van der Waals surface area (Å²) in [6, 6.07) is 1.39. The fourth-order valence-corrected chi connectivity index (χ4v) is 3.66. The number of fused-ring (bicyclic) bond motifs is 3. The number of carbonyl (C=O) groups excluding carboxylic acids is 2. The summed E-state index contributed by atoms with van der Waals surface area (Å²) in [7, 11) is 1.45. The number of halogens is 2. The number of urea groups is 1. The zero-order valence-corrected chi connectivity index (χ0v) is 16.5. The first-order valence-electron chi connectivity index (χ1n) is 9.44. The molecular weight excluding hydrogens is 400 g/mol. The summed E-state index contributed by atoms with van der Waals surface area (Å²) in [4.78, 5) is 32.3.